The van der Waals surface area contributed by atoms with E-state index in [1.807, 2.05) is 36.4 Å². The first kappa shape index (κ1) is 18.7. The Labute approximate surface area is 174 Å². The van der Waals surface area contributed by atoms with Gasteiger partial charge in [0.05, 0.1) is 19.3 Å². The quantitative estimate of drug-likeness (QED) is 0.637. The summed E-state index contributed by atoms with van der Waals surface area (Å²) in [6.07, 6.45) is 0. The predicted octanol–water partition coefficient (Wildman–Crippen LogP) is 3.18. The maximum atomic E-state index is 5.53. The highest BCUT2D eigenvalue weighted by Gasteiger charge is 2.27. The van der Waals surface area contributed by atoms with Crippen molar-refractivity contribution in [2.45, 2.75) is 19.5 Å². The van der Waals surface area contributed by atoms with E-state index in [4.69, 9.17) is 18.7 Å². The summed E-state index contributed by atoms with van der Waals surface area (Å²) in [6.45, 7) is 5.81. The van der Waals surface area contributed by atoms with E-state index >= 15 is 0 Å². The van der Waals surface area contributed by atoms with Gasteiger partial charge in [0, 0.05) is 31.2 Å². The highest BCUT2D eigenvalue weighted by Crippen LogP contribution is 2.35. The summed E-state index contributed by atoms with van der Waals surface area (Å²) in [5, 5.41) is 4.15. The Morgan fingerprint density at radius 3 is 2.83 bits per heavy atom. The minimum absolute atomic E-state index is 0.245. The molecule has 3 aromatic rings. The summed E-state index contributed by atoms with van der Waals surface area (Å²) >= 11 is 0. The number of methoxy groups -OCH3 is 1. The van der Waals surface area contributed by atoms with E-state index < -0.39 is 0 Å². The highest BCUT2D eigenvalue weighted by atomic mass is 16.7. The Morgan fingerprint density at radius 1 is 1.10 bits per heavy atom. The fourth-order valence-corrected chi connectivity index (χ4v) is 3.99. The zero-order valence-electron chi connectivity index (χ0n) is 17.1. The third kappa shape index (κ3) is 3.54. The van der Waals surface area contributed by atoms with Crippen molar-refractivity contribution in [2.75, 3.05) is 38.4 Å². The van der Waals surface area contributed by atoms with Crippen LogP contribution in [0.2, 0.25) is 0 Å². The molecule has 2 aliphatic heterocycles. The molecule has 1 unspecified atom stereocenters. The number of aromatic nitrogens is 2. The van der Waals surface area contributed by atoms with E-state index in [-0.39, 0.29) is 6.79 Å². The average molecular weight is 408 g/mol. The molecule has 5 rings (SSSR count). The Hall–Kier alpha value is -3.26. The van der Waals surface area contributed by atoms with Gasteiger partial charge in [-0.3, -0.25) is 4.90 Å². The zero-order chi connectivity index (χ0) is 20.5. The molecule has 1 atom stereocenters. The number of benzene rings is 2. The van der Waals surface area contributed by atoms with Crippen molar-refractivity contribution in [1.29, 1.82) is 0 Å². The third-order valence-corrected chi connectivity index (χ3v) is 5.63. The molecule has 0 radical (unpaired) electrons. The molecule has 2 aromatic carbocycles. The lowest BCUT2D eigenvalue weighted by Gasteiger charge is -2.40. The number of rotatable bonds is 5. The molecule has 8 nitrogen and oxygen atoms in total. The minimum atomic E-state index is 0.245. The number of piperazine rings is 1. The van der Waals surface area contributed by atoms with Crippen molar-refractivity contribution in [3.63, 3.8) is 0 Å². The van der Waals surface area contributed by atoms with Crippen LogP contribution in [0.5, 0.6) is 17.2 Å². The maximum absolute atomic E-state index is 5.53. The monoisotopic (exact) mass is 408 g/mol. The first-order chi connectivity index (χ1) is 14.7. The van der Waals surface area contributed by atoms with Gasteiger partial charge in [-0.1, -0.05) is 17.3 Å². The molecule has 1 fully saturated rings. The standard InChI is InChI=1S/C22H24N4O4/c1-15-12-26(17-5-3-4-6-18(17)27-2)10-9-25(15)13-21-23-22(24-30-21)16-7-8-19-20(11-16)29-14-28-19/h3-8,11,15H,9-10,12-14H2,1-2H3. The molecule has 3 heterocycles. The number of nitrogens with zero attached hydrogens (tertiary/aromatic N) is 4. The molecule has 1 aromatic heterocycles. The van der Waals surface area contributed by atoms with E-state index in [9.17, 15) is 0 Å². The van der Waals surface area contributed by atoms with Crippen LogP contribution in [0.25, 0.3) is 11.4 Å². The van der Waals surface area contributed by atoms with Crippen molar-refractivity contribution in [3.05, 3.63) is 48.4 Å². The van der Waals surface area contributed by atoms with Crippen LogP contribution in [0.15, 0.2) is 47.0 Å². The second-order valence-electron chi connectivity index (χ2n) is 7.52. The van der Waals surface area contributed by atoms with Gasteiger partial charge in [0.25, 0.3) is 0 Å². The number of para-hydroxylation sites is 2. The van der Waals surface area contributed by atoms with Gasteiger partial charge in [0.15, 0.2) is 11.5 Å². The normalized spacial score (nSPS) is 18.6. The lowest BCUT2D eigenvalue weighted by molar-refractivity contribution is 0.159. The van der Waals surface area contributed by atoms with Crippen LogP contribution in [-0.2, 0) is 6.54 Å². The molecule has 30 heavy (non-hydrogen) atoms. The smallest absolute Gasteiger partial charge is 0.241 e. The highest BCUT2D eigenvalue weighted by molar-refractivity contribution is 5.61. The van der Waals surface area contributed by atoms with Gasteiger partial charge in [0.2, 0.25) is 18.5 Å². The minimum Gasteiger partial charge on any atom is -0.495 e. The summed E-state index contributed by atoms with van der Waals surface area (Å²) in [7, 11) is 1.71. The van der Waals surface area contributed by atoms with E-state index in [1.54, 1.807) is 7.11 Å². The molecular weight excluding hydrogens is 384 g/mol. The Balaban J connectivity index is 1.25. The van der Waals surface area contributed by atoms with Crippen LogP contribution in [0, 0.1) is 0 Å². The first-order valence-electron chi connectivity index (χ1n) is 10.1. The molecule has 0 saturated carbocycles. The number of hydrogen-bond donors (Lipinski definition) is 0. The Kier molecular flexibility index (Phi) is 4.92. The molecule has 0 amide bonds. The summed E-state index contributed by atoms with van der Waals surface area (Å²) in [4.78, 5) is 9.32. The van der Waals surface area contributed by atoms with Gasteiger partial charge in [-0.25, -0.2) is 0 Å². The van der Waals surface area contributed by atoms with Crippen molar-refractivity contribution in [1.82, 2.24) is 15.0 Å². The van der Waals surface area contributed by atoms with Gasteiger partial charge < -0.3 is 23.6 Å². The van der Waals surface area contributed by atoms with E-state index in [0.29, 0.717) is 30.1 Å². The van der Waals surface area contributed by atoms with Crippen molar-refractivity contribution in [2.24, 2.45) is 0 Å². The van der Waals surface area contributed by atoms with Crippen LogP contribution >= 0.6 is 0 Å². The lowest BCUT2D eigenvalue weighted by Crippen LogP contribution is -2.51. The molecule has 0 N–H and O–H groups in total. The van der Waals surface area contributed by atoms with E-state index in [2.05, 4.69) is 32.9 Å². The first-order valence-corrected chi connectivity index (χ1v) is 10.1. The topological polar surface area (TPSA) is 73.1 Å². The average Bonchev–Trinajstić information content (AvgIpc) is 3.44. The molecule has 2 aliphatic rings. The summed E-state index contributed by atoms with van der Waals surface area (Å²) in [5.41, 5.74) is 1.98. The van der Waals surface area contributed by atoms with Gasteiger partial charge in [0.1, 0.15) is 5.75 Å². The number of hydrogen-bond acceptors (Lipinski definition) is 8. The summed E-state index contributed by atoms with van der Waals surface area (Å²) in [5.74, 6) is 3.52. The SMILES string of the molecule is COc1ccccc1N1CCN(Cc2nc(-c3ccc4c(c3)OCO4)no2)C(C)C1. The van der Waals surface area contributed by atoms with Crippen LogP contribution in [0.3, 0.4) is 0 Å². The second kappa shape index (κ2) is 7.87. The molecule has 0 spiro atoms. The maximum Gasteiger partial charge on any atom is 0.241 e. The van der Waals surface area contributed by atoms with Crippen LogP contribution in [0.4, 0.5) is 5.69 Å². The Morgan fingerprint density at radius 2 is 1.97 bits per heavy atom. The summed E-state index contributed by atoms with van der Waals surface area (Å²) < 4.78 is 21.8. The molecule has 156 valence electrons. The zero-order valence-corrected chi connectivity index (χ0v) is 17.1. The van der Waals surface area contributed by atoms with Gasteiger partial charge in [-0.2, -0.15) is 4.98 Å². The van der Waals surface area contributed by atoms with E-state index in [1.165, 1.54) is 0 Å². The van der Waals surface area contributed by atoms with Crippen LogP contribution < -0.4 is 19.1 Å². The van der Waals surface area contributed by atoms with E-state index in [0.717, 1.165) is 42.4 Å². The fourth-order valence-electron chi connectivity index (χ4n) is 3.99. The lowest BCUT2D eigenvalue weighted by atomic mass is 10.1. The predicted molar refractivity (Wildman–Crippen MR) is 111 cm³/mol. The van der Waals surface area contributed by atoms with Crippen LogP contribution in [0.1, 0.15) is 12.8 Å². The van der Waals surface area contributed by atoms with Crippen molar-refractivity contribution in [3.8, 4) is 28.6 Å². The van der Waals surface area contributed by atoms with Crippen molar-refractivity contribution < 1.29 is 18.7 Å². The van der Waals surface area contributed by atoms with Gasteiger partial charge in [-0.05, 0) is 37.3 Å². The largest absolute Gasteiger partial charge is 0.495 e. The molecule has 0 bridgehead atoms. The van der Waals surface area contributed by atoms with Gasteiger partial charge in [-0.15, -0.1) is 0 Å². The fraction of sp³-hybridized carbons (Fsp3) is 0.364. The molecule has 0 aliphatic carbocycles. The third-order valence-electron chi connectivity index (χ3n) is 5.63. The second-order valence-corrected chi connectivity index (χ2v) is 7.52. The number of ether oxygens (including phenoxy) is 3. The Bertz CT molecular complexity index is 1040. The van der Waals surface area contributed by atoms with Gasteiger partial charge >= 0.3 is 0 Å². The van der Waals surface area contributed by atoms with Crippen molar-refractivity contribution >= 4 is 5.69 Å². The van der Waals surface area contributed by atoms with Crippen LogP contribution in [-0.4, -0.2) is 54.6 Å². The molecular formula is C22H24N4O4. The molecule has 8 heteroatoms. The number of anilines is 1. The number of fused-ring (bicyclic) bond motifs is 1. The molecule has 1 saturated heterocycles. The summed E-state index contributed by atoms with van der Waals surface area (Å²) in [6, 6.07) is 14.2.